The molecule has 1 aliphatic rings. The molecule has 0 saturated carbocycles. The van der Waals surface area contributed by atoms with E-state index in [2.05, 4.69) is 57.0 Å². The highest BCUT2D eigenvalue weighted by atomic mass is 32.1. The smallest absolute Gasteiger partial charge is 0.0417 e. The van der Waals surface area contributed by atoms with Gasteiger partial charge in [-0.1, -0.05) is 20.3 Å². The molecule has 1 aliphatic heterocycles. The lowest BCUT2D eigenvalue weighted by Crippen LogP contribution is -2.57. The first-order chi connectivity index (χ1) is 9.02. The molecular formula is C16H28N2S. The molecule has 0 radical (unpaired) electrons. The Bertz CT molecular complexity index is 401. The molecule has 0 aliphatic carbocycles. The van der Waals surface area contributed by atoms with Crippen LogP contribution < -0.4 is 5.32 Å². The zero-order valence-corrected chi connectivity index (χ0v) is 13.8. The van der Waals surface area contributed by atoms with E-state index in [9.17, 15) is 0 Å². The van der Waals surface area contributed by atoms with Gasteiger partial charge in [0, 0.05) is 41.0 Å². The van der Waals surface area contributed by atoms with Crippen molar-refractivity contribution in [3.8, 4) is 0 Å². The molecule has 1 N–H and O–H groups in total. The highest BCUT2D eigenvalue weighted by Crippen LogP contribution is 2.30. The van der Waals surface area contributed by atoms with Gasteiger partial charge in [-0.3, -0.25) is 4.90 Å². The molecule has 2 nitrogen and oxygen atoms in total. The molecule has 0 aromatic carbocycles. The molecule has 1 aromatic heterocycles. The van der Waals surface area contributed by atoms with Gasteiger partial charge in [0.25, 0.3) is 0 Å². The van der Waals surface area contributed by atoms with Crippen molar-refractivity contribution in [2.45, 2.75) is 59.2 Å². The molecule has 19 heavy (non-hydrogen) atoms. The Balaban J connectivity index is 2.08. The molecule has 0 bridgehead atoms. The molecule has 1 saturated heterocycles. The van der Waals surface area contributed by atoms with Crippen LogP contribution >= 0.6 is 11.3 Å². The number of piperazine rings is 1. The average Bonchev–Trinajstić information content (AvgIpc) is 2.84. The number of nitrogens with zero attached hydrogens (tertiary/aromatic N) is 1. The van der Waals surface area contributed by atoms with E-state index in [1.54, 1.807) is 0 Å². The van der Waals surface area contributed by atoms with Crippen LogP contribution in [0.3, 0.4) is 0 Å². The van der Waals surface area contributed by atoms with Crippen molar-refractivity contribution >= 4 is 11.3 Å². The van der Waals surface area contributed by atoms with E-state index in [4.69, 9.17) is 0 Å². The maximum absolute atomic E-state index is 3.72. The van der Waals surface area contributed by atoms with Crippen molar-refractivity contribution in [2.24, 2.45) is 5.92 Å². The number of rotatable bonds is 4. The predicted molar refractivity (Wildman–Crippen MR) is 84.9 cm³/mol. The van der Waals surface area contributed by atoms with Crippen LogP contribution in [-0.2, 0) is 0 Å². The average molecular weight is 280 g/mol. The highest BCUT2D eigenvalue weighted by Gasteiger charge is 2.31. The van der Waals surface area contributed by atoms with E-state index in [-0.39, 0.29) is 0 Å². The van der Waals surface area contributed by atoms with Gasteiger partial charge in [-0.15, -0.1) is 11.3 Å². The second-order valence-corrected chi connectivity index (χ2v) is 7.39. The van der Waals surface area contributed by atoms with Gasteiger partial charge in [0.05, 0.1) is 0 Å². The van der Waals surface area contributed by atoms with Crippen LogP contribution in [0.5, 0.6) is 0 Å². The van der Waals surface area contributed by atoms with E-state index < -0.39 is 0 Å². The van der Waals surface area contributed by atoms with Gasteiger partial charge in [0.1, 0.15) is 0 Å². The quantitative estimate of drug-likeness (QED) is 0.902. The third-order valence-corrected chi connectivity index (χ3v) is 5.82. The summed E-state index contributed by atoms with van der Waals surface area (Å²) in [6.45, 7) is 13.9. The molecule has 3 heteroatoms. The summed E-state index contributed by atoms with van der Waals surface area (Å²) in [5, 5.41) is 3.72. The molecule has 1 aromatic rings. The number of hydrogen-bond donors (Lipinski definition) is 1. The lowest BCUT2D eigenvalue weighted by atomic mass is 9.94. The Morgan fingerprint density at radius 3 is 2.74 bits per heavy atom. The number of aryl methyl sites for hydroxylation is 1. The van der Waals surface area contributed by atoms with Crippen LogP contribution in [0.4, 0.5) is 0 Å². The SMILES string of the molecule is CCC(C)C1CN(C(C)c2ccc(C)s2)C(C)CN1. The molecule has 108 valence electrons. The van der Waals surface area contributed by atoms with Gasteiger partial charge in [-0.05, 0) is 38.8 Å². The minimum absolute atomic E-state index is 0.544. The minimum Gasteiger partial charge on any atom is -0.311 e. The zero-order chi connectivity index (χ0) is 14.0. The largest absolute Gasteiger partial charge is 0.311 e. The number of nitrogens with one attached hydrogen (secondary N) is 1. The van der Waals surface area contributed by atoms with Gasteiger partial charge in [-0.2, -0.15) is 0 Å². The van der Waals surface area contributed by atoms with Gasteiger partial charge >= 0.3 is 0 Å². The van der Waals surface area contributed by atoms with E-state index in [0.29, 0.717) is 18.1 Å². The summed E-state index contributed by atoms with van der Waals surface area (Å²) in [4.78, 5) is 5.61. The maximum atomic E-state index is 3.72. The second kappa shape index (κ2) is 6.38. The van der Waals surface area contributed by atoms with Crippen LogP contribution in [0.15, 0.2) is 12.1 Å². The Kier molecular flexibility index (Phi) is 5.04. The van der Waals surface area contributed by atoms with Crippen LogP contribution in [0.25, 0.3) is 0 Å². The van der Waals surface area contributed by atoms with Gasteiger partial charge < -0.3 is 5.32 Å². The summed E-state index contributed by atoms with van der Waals surface area (Å²) < 4.78 is 0. The lowest BCUT2D eigenvalue weighted by molar-refractivity contribution is 0.0833. The van der Waals surface area contributed by atoms with Crippen molar-refractivity contribution in [3.63, 3.8) is 0 Å². The summed E-state index contributed by atoms with van der Waals surface area (Å²) in [6.07, 6.45) is 1.26. The maximum Gasteiger partial charge on any atom is 0.0417 e. The van der Waals surface area contributed by atoms with Crippen molar-refractivity contribution in [2.75, 3.05) is 13.1 Å². The van der Waals surface area contributed by atoms with E-state index in [1.165, 1.54) is 22.7 Å². The van der Waals surface area contributed by atoms with Crippen molar-refractivity contribution in [1.29, 1.82) is 0 Å². The zero-order valence-electron chi connectivity index (χ0n) is 12.9. The Labute approximate surface area is 122 Å². The lowest BCUT2D eigenvalue weighted by Gasteiger charge is -2.43. The monoisotopic (exact) mass is 280 g/mol. The fourth-order valence-electron chi connectivity index (χ4n) is 2.96. The Hall–Kier alpha value is -0.380. The third kappa shape index (κ3) is 3.39. The van der Waals surface area contributed by atoms with Crippen LogP contribution in [0, 0.1) is 12.8 Å². The molecule has 1 fully saturated rings. The molecule has 0 amide bonds. The first-order valence-electron chi connectivity index (χ1n) is 7.58. The normalized spacial score (nSPS) is 28.3. The van der Waals surface area contributed by atoms with Crippen LogP contribution in [0.2, 0.25) is 0 Å². The summed E-state index contributed by atoms with van der Waals surface area (Å²) in [7, 11) is 0. The van der Waals surface area contributed by atoms with Crippen molar-refractivity contribution in [1.82, 2.24) is 10.2 Å². The topological polar surface area (TPSA) is 15.3 Å². The molecule has 2 rings (SSSR count). The first-order valence-corrected chi connectivity index (χ1v) is 8.40. The van der Waals surface area contributed by atoms with Crippen molar-refractivity contribution < 1.29 is 0 Å². The Morgan fingerprint density at radius 1 is 1.42 bits per heavy atom. The molecule has 0 spiro atoms. The third-order valence-electron chi connectivity index (χ3n) is 4.65. The van der Waals surface area contributed by atoms with Gasteiger partial charge in [0.15, 0.2) is 0 Å². The van der Waals surface area contributed by atoms with Crippen LogP contribution in [0.1, 0.15) is 49.9 Å². The molecule has 4 atom stereocenters. The van der Waals surface area contributed by atoms with E-state index >= 15 is 0 Å². The second-order valence-electron chi connectivity index (χ2n) is 6.07. The number of hydrogen-bond acceptors (Lipinski definition) is 3. The summed E-state index contributed by atoms with van der Waals surface area (Å²) in [5.74, 6) is 0.757. The fraction of sp³-hybridized carbons (Fsp3) is 0.750. The first kappa shape index (κ1) is 15.0. The summed E-state index contributed by atoms with van der Waals surface area (Å²) >= 11 is 1.94. The molecule has 2 heterocycles. The van der Waals surface area contributed by atoms with Crippen LogP contribution in [-0.4, -0.2) is 30.1 Å². The van der Waals surface area contributed by atoms with Gasteiger partial charge in [-0.25, -0.2) is 0 Å². The summed E-state index contributed by atoms with van der Waals surface area (Å²) in [6, 6.07) is 6.36. The minimum atomic E-state index is 0.544. The standard InChI is InChI=1S/C16H28N2S/c1-6-11(2)15-10-18(12(3)9-17-15)14(5)16-8-7-13(4)19-16/h7-8,11-12,14-15,17H,6,9-10H2,1-5H3. The van der Waals surface area contributed by atoms with E-state index in [0.717, 1.165) is 12.5 Å². The highest BCUT2D eigenvalue weighted by molar-refractivity contribution is 7.12. The fourth-order valence-corrected chi connectivity index (χ4v) is 3.91. The van der Waals surface area contributed by atoms with Gasteiger partial charge in [0.2, 0.25) is 0 Å². The molecular weight excluding hydrogens is 252 g/mol. The number of thiophene rings is 1. The Morgan fingerprint density at radius 2 is 2.16 bits per heavy atom. The van der Waals surface area contributed by atoms with E-state index in [1.807, 2.05) is 11.3 Å². The molecule has 4 unspecified atom stereocenters. The summed E-state index contributed by atoms with van der Waals surface area (Å²) in [5.41, 5.74) is 0. The van der Waals surface area contributed by atoms with Crippen molar-refractivity contribution in [3.05, 3.63) is 21.9 Å². The predicted octanol–water partition coefficient (Wildman–Crippen LogP) is 3.83.